The fourth-order valence-corrected chi connectivity index (χ4v) is 1.40. The molecule has 1 aromatic heterocycles. The molecule has 1 aromatic rings. The van der Waals surface area contributed by atoms with Crippen molar-refractivity contribution in [3.63, 3.8) is 0 Å². The van der Waals surface area contributed by atoms with Crippen LogP contribution >= 0.6 is 0 Å². The number of rotatable bonds is 4. The molecule has 0 aliphatic rings. The zero-order valence-electron chi connectivity index (χ0n) is 11.3. The van der Waals surface area contributed by atoms with E-state index in [2.05, 4.69) is 15.4 Å². The smallest absolute Gasteiger partial charge is 0.408 e. The lowest BCUT2D eigenvalue weighted by atomic mass is 10.1. The molecular weight excluding hydrogens is 252 g/mol. The second-order valence-electron chi connectivity index (χ2n) is 5.08. The topological polar surface area (TPSA) is 106 Å². The van der Waals surface area contributed by atoms with Crippen molar-refractivity contribution in [2.24, 2.45) is 0 Å². The Labute approximate surface area is 110 Å². The van der Waals surface area contributed by atoms with E-state index in [0.29, 0.717) is 0 Å². The van der Waals surface area contributed by atoms with E-state index in [0.717, 1.165) is 0 Å². The van der Waals surface area contributed by atoms with Crippen LogP contribution in [0.3, 0.4) is 0 Å². The number of hydrogen-bond donors (Lipinski definition) is 2. The Morgan fingerprint density at radius 1 is 1.42 bits per heavy atom. The van der Waals surface area contributed by atoms with E-state index in [9.17, 15) is 9.59 Å². The third kappa shape index (κ3) is 4.57. The monoisotopic (exact) mass is 270 g/mol. The number of nitrogens with one attached hydrogen (secondary N) is 1. The van der Waals surface area contributed by atoms with Gasteiger partial charge in [-0.3, -0.25) is 0 Å². The van der Waals surface area contributed by atoms with Crippen molar-refractivity contribution in [3.05, 3.63) is 12.7 Å². The summed E-state index contributed by atoms with van der Waals surface area (Å²) in [6.07, 6.45) is 1.90. The maximum absolute atomic E-state index is 11.6. The Hall–Kier alpha value is -2.12. The molecule has 19 heavy (non-hydrogen) atoms. The molecule has 1 amide bonds. The van der Waals surface area contributed by atoms with Crippen molar-refractivity contribution in [3.8, 4) is 0 Å². The molecule has 0 saturated carbocycles. The second kappa shape index (κ2) is 5.68. The number of aliphatic carboxylic acids is 1. The van der Waals surface area contributed by atoms with Gasteiger partial charge in [0.25, 0.3) is 0 Å². The number of nitrogens with zero attached hydrogens (tertiary/aromatic N) is 3. The van der Waals surface area contributed by atoms with E-state index >= 15 is 0 Å². The molecule has 0 bridgehead atoms. The van der Waals surface area contributed by atoms with Crippen molar-refractivity contribution in [1.82, 2.24) is 20.1 Å². The molecule has 8 heteroatoms. The second-order valence-corrected chi connectivity index (χ2v) is 5.08. The van der Waals surface area contributed by atoms with Gasteiger partial charge in [-0.05, 0) is 27.7 Å². The highest BCUT2D eigenvalue weighted by molar-refractivity contribution is 5.80. The molecule has 2 atom stereocenters. The standard InChI is InChI=1S/C11H18N4O4/c1-7(15-6-12-5-13-15)8(9(16)17)14-10(18)19-11(2,3)4/h5-8H,1-4H3,(H,14,18)(H,16,17). The van der Waals surface area contributed by atoms with E-state index < -0.39 is 29.7 Å². The molecule has 1 heterocycles. The number of carboxylic acid groups (broad SMARTS) is 1. The number of carboxylic acids is 1. The normalized spacial score (nSPS) is 14.5. The predicted octanol–water partition coefficient (Wildman–Crippen LogP) is 0.817. The van der Waals surface area contributed by atoms with Crippen LogP contribution in [0.4, 0.5) is 4.79 Å². The molecule has 0 spiro atoms. The number of aromatic nitrogens is 3. The summed E-state index contributed by atoms with van der Waals surface area (Å²) in [4.78, 5) is 26.5. The molecule has 2 unspecified atom stereocenters. The third-order valence-corrected chi connectivity index (χ3v) is 2.27. The summed E-state index contributed by atoms with van der Waals surface area (Å²) in [7, 11) is 0. The van der Waals surface area contributed by atoms with Gasteiger partial charge >= 0.3 is 12.1 Å². The van der Waals surface area contributed by atoms with E-state index in [4.69, 9.17) is 9.84 Å². The SMILES string of the molecule is CC(C(NC(=O)OC(C)(C)C)C(=O)O)n1cncn1. The van der Waals surface area contributed by atoms with Gasteiger partial charge in [-0.1, -0.05) is 0 Å². The minimum absolute atomic E-state index is 0.590. The highest BCUT2D eigenvalue weighted by atomic mass is 16.6. The first-order valence-corrected chi connectivity index (χ1v) is 5.77. The van der Waals surface area contributed by atoms with Crippen molar-refractivity contribution in [1.29, 1.82) is 0 Å². The molecule has 0 aromatic carbocycles. The van der Waals surface area contributed by atoms with Gasteiger partial charge in [0.05, 0.1) is 6.04 Å². The minimum Gasteiger partial charge on any atom is -0.480 e. The van der Waals surface area contributed by atoms with E-state index in [1.165, 1.54) is 17.3 Å². The fourth-order valence-electron chi connectivity index (χ4n) is 1.40. The maximum Gasteiger partial charge on any atom is 0.408 e. The van der Waals surface area contributed by atoms with Crippen LogP contribution in [0.5, 0.6) is 0 Å². The van der Waals surface area contributed by atoms with Crippen LogP contribution in [0.1, 0.15) is 33.7 Å². The van der Waals surface area contributed by atoms with Crippen LogP contribution in [0, 0.1) is 0 Å². The quantitative estimate of drug-likeness (QED) is 0.838. The Morgan fingerprint density at radius 2 is 2.05 bits per heavy atom. The van der Waals surface area contributed by atoms with Gasteiger partial charge in [-0.2, -0.15) is 5.10 Å². The van der Waals surface area contributed by atoms with Crippen LogP contribution in [0.25, 0.3) is 0 Å². The lowest BCUT2D eigenvalue weighted by Crippen LogP contribution is -2.47. The molecule has 2 N–H and O–H groups in total. The minimum atomic E-state index is -1.17. The number of alkyl carbamates (subject to hydrolysis) is 1. The van der Waals surface area contributed by atoms with Gasteiger partial charge in [0, 0.05) is 0 Å². The highest BCUT2D eigenvalue weighted by Crippen LogP contribution is 2.11. The van der Waals surface area contributed by atoms with Crippen LogP contribution in [0.15, 0.2) is 12.7 Å². The zero-order valence-corrected chi connectivity index (χ0v) is 11.3. The largest absolute Gasteiger partial charge is 0.480 e. The van der Waals surface area contributed by atoms with Gasteiger partial charge < -0.3 is 15.2 Å². The van der Waals surface area contributed by atoms with Gasteiger partial charge in [0.2, 0.25) is 0 Å². The molecule has 0 aliphatic heterocycles. The van der Waals surface area contributed by atoms with E-state index in [-0.39, 0.29) is 0 Å². The van der Waals surface area contributed by atoms with Gasteiger partial charge in [0.15, 0.2) is 6.04 Å². The first-order valence-electron chi connectivity index (χ1n) is 5.77. The average Bonchev–Trinajstić information content (AvgIpc) is 2.75. The lowest BCUT2D eigenvalue weighted by Gasteiger charge is -2.24. The number of carbonyl (C=O) groups is 2. The Bertz CT molecular complexity index is 438. The molecule has 0 radical (unpaired) electrons. The Balaban J connectivity index is 2.74. The first-order chi connectivity index (χ1) is 8.70. The summed E-state index contributed by atoms with van der Waals surface area (Å²) < 4.78 is 6.38. The number of ether oxygens (including phenoxy) is 1. The maximum atomic E-state index is 11.6. The molecular formula is C11H18N4O4. The highest BCUT2D eigenvalue weighted by Gasteiger charge is 2.30. The van der Waals surface area contributed by atoms with Crippen LogP contribution in [-0.2, 0) is 9.53 Å². The molecule has 1 rings (SSSR count). The molecule has 0 saturated heterocycles. The lowest BCUT2D eigenvalue weighted by molar-refractivity contribution is -0.140. The van der Waals surface area contributed by atoms with Crippen LogP contribution in [-0.4, -0.2) is 43.6 Å². The summed E-state index contributed by atoms with van der Waals surface area (Å²) in [5, 5.41) is 15.3. The summed E-state index contributed by atoms with van der Waals surface area (Å²) in [5.41, 5.74) is -0.691. The Kier molecular flexibility index (Phi) is 4.47. The van der Waals surface area contributed by atoms with E-state index in [1.807, 2.05) is 0 Å². The molecule has 0 aliphatic carbocycles. The first kappa shape index (κ1) is 14.9. The predicted molar refractivity (Wildman–Crippen MR) is 65.5 cm³/mol. The van der Waals surface area contributed by atoms with Crippen molar-refractivity contribution in [2.45, 2.75) is 45.4 Å². The van der Waals surface area contributed by atoms with Crippen LogP contribution < -0.4 is 5.32 Å². The number of hydrogen-bond acceptors (Lipinski definition) is 5. The zero-order chi connectivity index (χ0) is 14.6. The molecule has 106 valence electrons. The third-order valence-electron chi connectivity index (χ3n) is 2.27. The molecule has 8 nitrogen and oxygen atoms in total. The van der Waals surface area contributed by atoms with Crippen molar-refractivity contribution < 1.29 is 19.4 Å². The summed E-state index contributed by atoms with van der Waals surface area (Å²) in [6.45, 7) is 6.71. The van der Waals surface area contributed by atoms with Crippen molar-refractivity contribution >= 4 is 12.1 Å². The van der Waals surface area contributed by atoms with Gasteiger partial charge in [0.1, 0.15) is 18.3 Å². The summed E-state index contributed by atoms with van der Waals surface area (Å²) in [6, 6.07) is -1.75. The van der Waals surface area contributed by atoms with Gasteiger partial charge in [-0.15, -0.1) is 0 Å². The van der Waals surface area contributed by atoms with Gasteiger partial charge in [-0.25, -0.2) is 19.3 Å². The molecule has 0 fully saturated rings. The van der Waals surface area contributed by atoms with E-state index in [1.54, 1.807) is 27.7 Å². The Morgan fingerprint density at radius 3 is 2.47 bits per heavy atom. The number of amides is 1. The summed E-state index contributed by atoms with van der Waals surface area (Å²) in [5.74, 6) is -1.17. The number of carbonyl (C=O) groups excluding carboxylic acids is 1. The summed E-state index contributed by atoms with van der Waals surface area (Å²) >= 11 is 0. The fraction of sp³-hybridized carbons (Fsp3) is 0.636. The van der Waals surface area contributed by atoms with Crippen molar-refractivity contribution in [2.75, 3.05) is 0 Å². The average molecular weight is 270 g/mol. The van der Waals surface area contributed by atoms with Crippen LogP contribution in [0.2, 0.25) is 0 Å².